The van der Waals surface area contributed by atoms with Crippen LogP contribution in [0.15, 0.2) is 72.8 Å². The summed E-state index contributed by atoms with van der Waals surface area (Å²) >= 11 is 0. The maximum Gasteiger partial charge on any atom is 0.336 e. The van der Waals surface area contributed by atoms with Gasteiger partial charge in [0.15, 0.2) is 0 Å². The zero-order valence-corrected chi connectivity index (χ0v) is 22.8. The number of unbranched alkanes of at least 4 members (excludes halogenated alkanes) is 2. The first-order chi connectivity index (χ1) is 17.5. The van der Waals surface area contributed by atoms with E-state index in [1.165, 1.54) is 49.8 Å². The summed E-state index contributed by atoms with van der Waals surface area (Å²) in [5.41, 5.74) is 3.68. The van der Waals surface area contributed by atoms with Crippen LogP contribution in [0.2, 0.25) is 0 Å². The number of benzene rings is 2. The molecule has 200 valence electrons. The Morgan fingerprint density at radius 1 is 0.811 bits per heavy atom. The number of carbonyl (C=O) groups excluding carboxylic acids is 2. The Labute approximate surface area is 222 Å². The highest BCUT2D eigenvalue weighted by Crippen LogP contribution is 2.21. The van der Waals surface area contributed by atoms with E-state index in [1.54, 1.807) is 6.92 Å². The number of rotatable bonds is 15. The maximum atomic E-state index is 12.3. The Kier molecular flexibility index (Phi) is 11.8. The van der Waals surface area contributed by atoms with E-state index in [0.717, 1.165) is 24.8 Å². The highest BCUT2D eigenvalue weighted by Gasteiger charge is 2.26. The summed E-state index contributed by atoms with van der Waals surface area (Å²) in [5.74, 6) is -1.54. The van der Waals surface area contributed by atoms with Crippen molar-refractivity contribution in [2.24, 2.45) is 0 Å². The van der Waals surface area contributed by atoms with Crippen LogP contribution in [-0.4, -0.2) is 35.9 Å². The monoisotopic (exact) mass is 506 g/mol. The minimum Gasteiger partial charge on any atom is -0.462 e. The quantitative estimate of drug-likeness (QED) is 0.175. The summed E-state index contributed by atoms with van der Waals surface area (Å²) in [6.45, 7) is 14.0. The Hall–Kier alpha value is -3.18. The molecule has 5 heteroatoms. The van der Waals surface area contributed by atoms with E-state index in [-0.39, 0.29) is 24.7 Å². The summed E-state index contributed by atoms with van der Waals surface area (Å²) in [7, 11) is 0. The normalized spacial score (nSPS) is 12.0. The van der Waals surface area contributed by atoms with Crippen molar-refractivity contribution >= 4 is 11.9 Å². The highest BCUT2D eigenvalue weighted by atomic mass is 16.5. The van der Waals surface area contributed by atoms with E-state index >= 15 is 0 Å². The Balaban J connectivity index is 2.00. The molecule has 0 fully saturated rings. The first-order valence-corrected chi connectivity index (χ1v) is 13.1. The van der Waals surface area contributed by atoms with Gasteiger partial charge in [-0.25, -0.2) is 9.59 Å². The number of aryl methyl sites for hydroxylation is 3. The Bertz CT molecular complexity index is 1040. The number of hydrogen-bond donors (Lipinski definition) is 1. The topological polar surface area (TPSA) is 72.8 Å². The minimum absolute atomic E-state index is 0.0125. The maximum absolute atomic E-state index is 12.3. The Morgan fingerprint density at radius 2 is 1.27 bits per heavy atom. The van der Waals surface area contributed by atoms with Crippen LogP contribution in [0, 0.1) is 0 Å². The van der Waals surface area contributed by atoms with E-state index in [9.17, 15) is 14.7 Å². The summed E-state index contributed by atoms with van der Waals surface area (Å²) < 4.78 is 10.8. The molecule has 0 saturated heterocycles. The molecule has 0 amide bonds. The standard InChI is InChI=1S/C32H42O5/c1-7-8-9-10-25-11-13-26(14-12-25)15-16-27-17-19-28(20-18-27)29(21-36-30(33)23(2)3)22-37-31(34)24(4)32(5,6)35/h11-14,17-20,29,35H,2,4,7-10,15-16,21-22H2,1,3,5-6H3. The SMILES string of the molecule is C=C(C)C(=O)OCC(COC(=O)C(=C)C(C)(C)O)c1ccc(CCc2ccc(CCCCC)cc2)cc1. The molecule has 0 spiro atoms. The van der Waals surface area contributed by atoms with Crippen molar-refractivity contribution < 1.29 is 24.2 Å². The van der Waals surface area contributed by atoms with E-state index in [1.807, 2.05) is 12.1 Å². The molecule has 2 aromatic carbocycles. The molecule has 2 rings (SSSR count). The fraction of sp³-hybridized carbons (Fsp3) is 0.438. The van der Waals surface area contributed by atoms with Crippen LogP contribution in [0.25, 0.3) is 0 Å². The molecule has 37 heavy (non-hydrogen) atoms. The van der Waals surface area contributed by atoms with Gasteiger partial charge in [0.05, 0.1) is 17.1 Å². The molecule has 1 unspecified atom stereocenters. The van der Waals surface area contributed by atoms with Gasteiger partial charge in [0.1, 0.15) is 13.2 Å². The predicted molar refractivity (Wildman–Crippen MR) is 148 cm³/mol. The van der Waals surface area contributed by atoms with Crippen LogP contribution < -0.4 is 0 Å². The number of ether oxygens (including phenoxy) is 2. The summed E-state index contributed by atoms with van der Waals surface area (Å²) in [6.07, 6.45) is 6.74. The zero-order valence-electron chi connectivity index (χ0n) is 22.8. The summed E-state index contributed by atoms with van der Waals surface area (Å²) in [6, 6.07) is 17.0. The average molecular weight is 507 g/mol. The lowest BCUT2D eigenvalue weighted by atomic mass is 9.96. The lowest BCUT2D eigenvalue weighted by Gasteiger charge is -2.22. The summed E-state index contributed by atoms with van der Waals surface area (Å²) in [4.78, 5) is 24.3. The van der Waals surface area contributed by atoms with Gasteiger partial charge < -0.3 is 14.6 Å². The lowest BCUT2D eigenvalue weighted by Crippen LogP contribution is -2.29. The van der Waals surface area contributed by atoms with Gasteiger partial charge >= 0.3 is 11.9 Å². The number of esters is 2. The van der Waals surface area contributed by atoms with Gasteiger partial charge in [0.2, 0.25) is 0 Å². The van der Waals surface area contributed by atoms with Crippen LogP contribution in [0.3, 0.4) is 0 Å². The molecular weight excluding hydrogens is 464 g/mol. The van der Waals surface area contributed by atoms with E-state index < -0.39 is 17.5 Å². The molecule has 0 radical (unpaired) electrons. The zero-order chi connectivity index (χ0) is 27.4. The van der Waals surface area contributed by atoms with Crippen molar-refractivity contribution in [3.05, 3.63) is 95.1 Å². The molecule has 0 aliphatic carbocycles. The van der Waals surface area contributed by atoms with Crippen molar-refractivity contribution in [3.63, 3.8) is 0 Å². The fourth-order valence-electron chi connectivity index (χ4n) is 3.75. The van der Waals surface area contributed by atoms with Crippen molar-refractivity contribution in [1.29, 1.82) is 0 Å². The van der Waals surface area contributed by atoms with E-state index in [2.05, 4.69) is 56.5 Å². The first-order valence-electron chi connectivity index (χ1n) is 13.1. The van der Waals surface area contributed by atoms with Crippen molar-refractivity contribution in [3.8, 4) is 0 Å². The molecule has 5 nitrogen and oxygen atoms in total. The van der Waals surface area contributed by atoms with Crippen LogP contribution in [-0.2, 0) is 38.3 Å². The third-order valence-electron chi connectivity index (χ3n) is 6.41. The van der Waals surface area contributed by atoms with Crippen LogP contribution in [0.5, 0.6) is 0 Å². The predicted octanol–water partition coefficient (Wildman–Crippen LogP) is 6.28. The number of hydrogen-bond acceptors (Lipinski definition) is 5. The Morgan fingerprint density at radius 3 is 1.73 bits per heavy atom. The third-order valence-corrected chi connectivity index (χ3v) is 6.41. The van der Waals surface area contributed by atoms with Gasteiger partial charge in [-0.15, -0.1) is 0 Å². The molecule has 0 aliphatic rings. The molecule has 2 aromatic rings. The van der Waals surface area contributed by atoms with Crippen molar-refractivity contribution in [2.45, 2.75) is 77.7 Å². The molecule has 0 saturated carbocycles. The number of aliphatic hydroxyl groups is 1. The molecule has 0 bridgehead atoms. The van der Waals surface area contributed by atoms with Gasteiger partial charge in [-0.2, -0.15) is 0 Å². The molecule has 1 atom stereocenters. The molecule has 0 aliphatic heterocycles. The van der Waals surface area contributed by atoms with Crippen LogP contribution in [0.1, 0.15) is 75.1 Å². The first kappa shape index (κ1) is 30.0. The number of carbonyl (C=O) groups is 2. The molecule has 0 heterocycles. The van der Waals surface area contributed by atoms with Gasteiger partial charge in [-0.05, 0) is 68.7 Å². The minimum atomic E-state index is -1.38. The van der Waals surface area contributed by atoms with Crippen LogP contribution >= 0.6 is 0 Å². The molecule has 0 aromatic heterocycles. The highest BCUT2D eigenvalue weighted by molar-refractivity contribution is 5.89. The molecule has 1 N–H and O–H groups in total. The van der Waals surface area contributed by atoms with Crippen LogP contribution in [0.4, 0.5) is 0 Å². The smallest absolute Gasteiger partial charge is 0.336 e. The van der Waals surface area contributed by atoms with Gasteiger partial charge in [0, 0.05) is 5.57 Å². The van der Waals surface area contributed by atoms with Gasteiger partial charge in [0.25, 0.3) is 0 Å². The van der Waals surface area contributed by atoms with Crippen molar-refractivity contribution in [1.82, 2.24) is 0 Å². The second-order valence-corrected chi connectivity index (χ2v) is 10.2. The van der Waals surface area contributed by atoms with Gasteiger partial charge in [-0.3, -0.25) is 0 Å². The van der Waals surface area contributed by atoms with E-state index in [4.69, 9.17) is 9.47 Å². The average Bonchev–Trinajstić information content (AvgIpc) is 2.87. The third kappa shape index (κ3) is 10.4. The summed E-state index contributed by atoms with van der Waals surface area (Å²) in [5, 5.41) is 10.0. The fourth-order valence-corrected chi connectivity index (χ4v) is 3.75. The van der Waals surface area contributed by atoms with Gasteiger partial charge in [-0.1, -0.05) is 81.5 Å². The largest absolute Gasteiger partial charge is 0.462 e. The second-order valence-electron chi connectivity index (χ2n) is 10.2. The second kappa shape index (κ2) is 14.5. The van der Waals surface area contributed by atoms with E-state index in [0.29, 0.717) is 5.57 Å². The lowest BCUT2D eigenvalue weighted by molar-refractivity contribution is -0.143. The molecular formula is C32H42O5. The van der Waals surface area contributed by atoms with Crippen molar-refractivity contribution in [2.75, 3.05) is 13.2 Å².